The quantitative estimate of drug-likeness (QED) is 0.491. The highest BCUT2D eigenvalue weighted by atomic mass is 16.1. The van der Waals surface area contributed by atoms with Crippen molar-refractivity contribution in [3.8, 4) is 0 Å². The zero-order valence-corrected chi connectivity index (χ0v) is 6.59. The van der Waals surface area contributed by atoms with Gasteiger partial charge in [-0.2, -0.15) is 0 Å². The Hall–Kier alpha value is -1.52. The molecule has 0 aliphatic heterocycles. The molecule has 0 bridgehead atoms. The van der Waals surface area contributed by atoms with Crippen LogP contribution in [-0.4, -0.2) is 9.97 Å². The Bertz CT molecular complexity index is 268. The lowest BCUT2D eigenvalue weighted by Gasteiger charge is -1.92. The summed E-state index contributed by atoms with van der Waals surface area (Å²) in [4.78, 5) is 16.3. The lowest BCUT2D eigenvalue weighted by molar-refractivity contribution is 1.13. The molecule has 1 rings (SSSR count). The van der Waals surface area contributed by atoms with E-state index in [9.17, 15) is 4.79 Å². The Morgan fingerprint density at radius 1 is 1.45 bits per heavy atom. The smallest absolute Gasteiger partial charge is 0.276 e. The average molecular weight is 156 g/mol. The lowest BCUT2D eigenvalue weighted by Crippen LogP contribution is -2.14. The van der Waals surface area contributed by atoms with Crippen molar-refractivity contribution in [2.75, 3.05) is 11.5 Å². The van der Waals surface area contributed by atoms with Gasteiger partial charge in [0.2, 0.25) is 0 Å². The molecule has 0 fully saturated rings. The number of nitrogens with two attached hydrogens (primary N) is 2. The van der Waals surface area contributed by atoms with Crippen LogP contribution < -0.4 is 17.0 Å². The normalized spacial score (nSPS) is 8.18. The van der Waals surface area contributed by atoms with Crippen LogP contribution in [0, 0.1) is 0 Å². The molecule has 0 amide bonds. The van der Waals surface area contributed by atoms with Crippen LogP contribution in [0.1, 0.15) is 13.8 Å². The van der Waals surface area contributed by atoms with E-state index in [2.05, 4.69) is 9.97 Å². The summed E-state index contributed by atoms with van der Waals surface area (Å²) in [5, 5.41) is 0. The molecule has 0 atom stereocenters. The second-order valence-electron chi connectivity index (χ2n) is 1.53. The van der Waals surface area contributed by atoms with Gasteiger partial charge in [0.15, 0.2) is 5.82 Å². The van der Waals surface area contributed by atoms with Gasteiger partial charge >= 0.3 is 0 Å². The van der Waals surface area contributed by atoms with Gasteiger partial charge in [0.1, 0.15) is 5.69 Å². The minimum atomic E-state index is -0.400. The van der Waals surface area contributed by atoms with Gasteiger partial charge < -0.3 is 16.5 Å². The Morgan fingerprint density at radius 2 is 2.00 bits per heavy atom. The largest absolute Gasteiger partial charge is 0.391 e. The maximum absolute atomic E-state index is 10.5. The van der Waals surface area contributed by atoms with E-state index in [1.165, 1.54) is 6.33 Å². The fraction of sp³-hybridized carbons (Fsp3) is 0.333. The maximum atomic E-state index is 10.5. The van der Waals surface area contributed by atoms with Gasteiger partial charge in [-0.25, -0.2) is 4.98 Å². The molecular formula is C6H12N4O. The van der Waals surface area contributed by atoms with Gasteiger partial charge in [-0.15, -0.1) is 0 Å². The number of aromatic nitrogens is 2. The molecule has 0 aliphatic carbocycles. The topological polar surface area (TPSA) is 97.8 Å². The lowest BCUT2D eigenvalue weighted by atomic mass is 10.5. The molecule has 0 spiro atoms. The predicted octanol–water partition coefficient (Wildman–Crippen LogP) is -0.0395. The number of hydrogen-bond donors (Lipinski definition) is 3. The summed E-state index contributed by atoms with van der Waals surface area (Å²) >= 11 is 0. The standard InChI is InChI=1S/C4H6N4O.C2H6/c5-2-3(6)7-1-8-4(2)9;1-2/h1H,5H2,(H3,6,7,8,9);1-2H3. The number of rotatable bonds is 0. The summed E-state index contributed by atoms with van der Waals surface area (Å²) in [6, 6.07) is 0. The van der Waals surface area contributed by atoms with E-state index in [1.54, 1.807) is 0 Å². The second-order valence-corrected chi connectivity index (χ2v) is 1.53. The molecule has 5 N–H and O–H groups in total. The van der Waals surface area contributed by atoms with E-state index in [-0.39, 0.29) is 11.5 Å². The molecule has 1 aromatic heterocycles. The van der Waals surface area contributed by atoms with Crippen molar-refractivity contribution in [3.63, 3.8) is 0 Å². The zero-order chi connectivity index (χ0) is 8.85. The van der Waals surface area contributed by atoms with Gasteiger partial charge in [0, 0.05) is 0 Å². The molecule has 0 aliphatic rings. The third-order valence-corrected chi connectivity index (χ3v) is 0.920. The molecule has 0 radical (unpaired) electrons. The fourth-order valence-electron chi connectivity index (χ4n) is 0.424. The number of nitrogens with zero attached hydrogens (tertiary/aromatic N) is 1. The number of hydrogen-bond acceptors (Lipinski definition) is 4. The second kappa shape index (κ2) is 4.32. The van der Waals surface area contributed by atoms with Crippen molar-refractivity contribution < 1.29 is 0 Å². The van der Waals surface area contributed by atoms with Gasteiger partial charge in [0.05, 0.1) is 6.33 Å². The molecule has 0 aromatic carbocycles. The van der Waals surface area contributed by atoms with Gasteiger partial charge in [-0.05, 0) is 0 Å². The highest BCUT2D eigenvalue weighted by molar-refractivity contribution is 5.55. The molecule has 62 valence electrons. The first-order valence-electron chi connectivity index (χ1n) is 3.30. The van der Waals surface area contributed by atoms with E-state index in [4.69, 9.17) is 11.5 Å². The fourth-order valence-corrected chi connectivity index (χ4v) is 0.424. The van der Waals surface area contributed by atoms with E-state index >= 15 is 0 Å². The van der Waals surface area contributed by atoms with Crippen LogP contribution in [0.2, 0.25) is 0 Å². The third kappa shape index (κ3) is 2.29. The number of nitrogen functional groups attached to an aromatic ring is 2. The van der Waals surface area contributed by atoms with Crippen LogP contribution in [0.5, 0.6) is 0 Å². The van der Waals surface area contributed by atoms with Gasteiger partial charge in [-0.3, -0.25) is 4.79 Å². The molecule has 5 heteroatoms. The molecule has 0 saturated heterocycles. The van der Waals surface area contributed by atoms with E-state index in [0.29, 0.717) is 0 Å². The number of H-pyrrole nitrogens is 1. The van der Waals surface area contributed by atoms with Crippen molar-refractivity contribution in [1.29, 1.82) is 0 Å². The van der Waals surface area contributed by atoms with Crippen LogP contribution in [-0.2, 0) is 0 Å². The first kappa shape index (κ1) is 9.48. The van der Waals surface area contributed by atoms with Crippen molar-refractivity contribution in [1.82, 2.24) is 9.97 Å². The zero-order valence-electron chi connectivity index (χ0n) is 6.59. The Kier molecular flexibility index (Phi) is 3.72. The molecule has 11 heavy (non-hydrogen) atoms. The highest BCUT2D eigenvalue weighted by Gasteiger charge is 1.96. The maximum Gasteiger partial charge on any atom is 0.276 e. The highest BCUT2D eigenvalue weighted by Crippen LogP contribution is 1.98. The minimum absolute atomic E-state index is 0.0301. The van der Waals surface area contributed by atoms with Crippen LogP contribution in [0.25, 0.3) is 0 Å². The van der Waals surface area contributed by atoms with E-state index in [0.717, 1.165) is 0 Å². The van der Waals surface area contributed by atoms with Crippen molar-refractivity contribution >= 4 is 11.5 Å². The van der Waals surface area contributed by atoms with Gasteiger partial charge in [0.25, 0.3) is 5.56 Å². The monoisotopic (exact) mass is 156 g/mol. The Morgan fingerprint density at radius 3 is 2.36 bits per heavy atom. The van der Waals surface area contributed by atoms with E-state index in [1.807, 2.05) is 13.8 Å². The number of anilines is 2. The summed E-state index contributed by atoms with van der Waals surface area (Å²) in [6.07, 6.45) is 1.20. The summed E-state index contributed by atoms with van der Waals surface area (Å²) in [5.74, 6) is 0.0683. The SMILES string of the molecule is CC.Nc1nc[nH]c(=O)c1N. The average Bonchev–Trinajstić information content (AvgIpc) is 2.04. The summed E-state index contributed by atoms with van der Waals surface area (Å²) in [5.41, 5.74) is 9.88. The Labute approximate surface area is 64.4 Å². The Balaban J connectivity index is 0.000000461. The number of nitrogens with one attached hydrogen (secondary N) is 1. The summed E-state index contributed by atoms with van der Waals surface area (Å²) in [7, 11) is 0. The van der Waals surface area contributed by atoms with Crippen molar-refractivity contribution in [3.05, 3.63) is 16.7 Å². The molecule has 0 saturated carbocycles. The third-order valence-electron chi connectivity index (χ3n) is 0.920. The predicted molar refractivity (Wildman–Crippen MR) is 45.0 cm³/mol. The first-order valence-corrected chi connectivity index (χ1v) is 3.30. The van der Waals surface area contributed by atoms with Crippen molar-refractivity contribution in [2.45, 2.75) is 13.8 Å². The number of aromatic amines is 1. The van der Waals surface area contributed by atoms with Crippen LogP contribution in [0.15, 0.2) is 11.1 Å². The van der Waals surface area contributed by atoms with Gasteiger partial charge in [-0.1, -0.05) is 13.8 Å². The van der Waals surface area contributed by atoms with Crippen LogP contribution in [0.3, 0.4) is 0 Å². The summed E-state index contributed by atoms with van der Waals surface area (Å²) < 4.78 is 0. The molecule has 0 unspecified atom stereocenters. The molecular weight excluding hydrogens is 144 g/mol. The van der Waals surface area contributed by atoms with Crippen LogP contribution in [0.4, 0.5) is 11.5 Å². The summed E-state index contributed by atoms with van der Waals surface area (Å²) in [6.45, 7) is 4.00. The minimum Gasteiger partial charge on any atom is -0.391 e. The molecule has 5 nitrogen and oxygen atoms in total. The van der Waals surface area contributed by atoms with E-state index < -0.39 is 5.56 Å². The molecule has 1 aromatic rings. The molecule has 1 heterocycles. The van der Waals surface area contributed by atoms with Crippen molar-refractivity contribution in [2.24, 2.45) is 0 Å². The van der Waals surface area contributed by atoms with Crippen LogP contribution >= 0.6 is 0 Å². The first-order chi connectivity index (χ1) is 5.22.